The minimum absolute atomic E-state index is 0.00973. The van der Waals surface area contributed by atoms with E-state index in [-0.39, 0.29) is 13.0 Å². The van der Waals surface area contributed by atoms with E-state index >= 15 is 0 Å². The van der Waals surface area contributed by atoms with Crippen LogP contribution in [0.25, 0.3) is 0 Å². The number of aromatic nitrogens is 1. The molecule has 2 rings (SSSR count). The van der Waals surface area contributed by atoms with Crippen molar-refractivity contribution in [3.63, 3.8) is 0 Å². The first-order chi connectivity index (χ1) is 12.6. The molecular formula is C18H21N3O5. The van der Waals surface area contributed by atoms with Gasteiger partial charge in [-0.25, -0.2) is 4.79 Å². The molecule has 2 aromatic rings. The van der Waals surface area contributed by atoms with Gasteiger partial charge in [0, 0.05) is 37.1 Å². The van der Waals surface area contributed by atoms with Gasteiger partial charge in [0.2, 0.25) is 0 Å². The maximum absolute atomic E-state index is 11.9. The van der Waals surface area contributed by atoms with Crippen LogP contribution in [0.2, 0.25) is 0 Å². The molecule has 0 aliphatic heterocycles. The van der Waals surface area contributed by atoms with E-state index in [9.17, 15) is 9.59 Å². The van der Waals surface area contributed by atoms with Crippen molar-refractivity contribution in [2.45, 2.75) is 19.4 Å². The van der Waals surface area contributed by atoms with Crippen molar-refractivity contribution >= 4 is 17.7 Å². The highest BCUT2D eigenvalue weighted by molar-refractivity contribution is 5.89. The number of carboxylic acid groups (broad SMARTS) is 1. The first kappa shape index (κ1) is 19.0. The monoisotopic (exact) mass is 359 g/mol. The van der Waals surface area contributed by atoms with Gasteiger partial charge in [0.25, 0.3) is 0 Å². The number of nitrogens with zero attached hydrogens (tertiary/aromatic N) is 1. The van der Waals surface area contributed by atoms with Crippen LogP contribution < -0.4 is 20.1 Å². The number of aliphatic carboxylic acids is 1. The number of hydrogen-bond donors (Lipinski definition) is 3. The molecule has 0 saturated heterocycles. The molecule has 0 spiro atoms. The van der Waals surface area contributed by atoms with Crippen molar-refractivity contribution in [2.75, 3.05) is 19.0 Å². The van der Waals surface area contributed by atoms with Gasteiger partial charge >= 0.3 is 12.0 Å². The number of carbonyl (C=O) groups is 2. The normalized spacial score (nSPS) is 10.0. The second-order valence-corrected chi connectivity index (χ2v) is 5.39. The van der Waals surface area contributed by atoms with Crippen LogP contribution in [0.3, 0.4) is 0 Å². The number of urea groups is 1. The predicted octanol–water partition coefficient (Wildman–Crippen LogP) is 2.66. The molecule has 1 heterocycles. The Labute approximate surface area is 151 Å². The Morgan fingerprint density at radius 1 is 1.15 bits per heavy atom. The van der Waals surface area contributed by atoms with E-state index in [4.69, 9.17) is 14.6 Å². The van der Waals surface area contributed by atoms with E-state index in [1.54, 1.807) is 30.6 Å². The molecule has 2 amide bonds. The Hall–Kier alpha value is -3.29. The largest absolute Gasteiger partial charge is 0.493 e. The van der Waals surface area contributed by atoms with Crippen LogP contribution in [0.1, 0.15) is 18.4 Å². The Kier molecular flexibility index (Phi) is 7.23. The number of carbonyl (C=O) groups excluding carboxylic acids is 1. The van der Waals surface area contributed by atoms with Crippen molar-refractivity contribution in [3.05, 3.63) is 48.3 Å². The van der Waals surface area contributed by atoms with Crippen LogP contribution in [0.4, 0.5) is 10.5 Å². The van der Waals surface area contributed by atoms with Gasteiger partial charge in [0.1, 0.15) is 6.61 Å². The lowest BCUT2D eigenvalue weighted by Gasteiger charge is -2.13. The molecule has 8 heteroatoms. The number of nitrogens with one attached hydrogen (secondary N) is 2. The van der Waals surface area contributed by atoms with E-state index in [1.165, 1.54) is 7.11 Å². The summed E-state index contributed by atoms with van der Waals surface area (Å²) < 4.78 is 11.0. The summed E-state index contributed by atoms with van der Waals surface area (Å²) >= 11 is 0. The number of methoxy groups -OCH3 is 1. The van der Waals surface area contributed by atoms with Crippen molar-refractivity contribution in [1.29, 1.82) is 0 Å². The fourth-order valence-corrected chi connectivity index (χ4v) is 2.12. The quantitative estimate of drug-likeness (QED) is 0.594. The van der Waals surface area contributed by atoms with Gasteiger partial charge in [-0.2, -0.15) is 0 Å². The summed E-state index contributed by atoms with van der Waals surface area (Å²) in [6, 6.07) is 8.33. The van der Waals surface area contributed by atoms with E-state index < -0.39 is 12.0 Å². The molecule has 138 valence electrons. The molecule has 0 unspecified atom stereocenters. The van der Waals surface area contributed by atoms with Gasteiger partial charge in [-0.3, -0.25) is 9.78 Å². The molecule has 0 fully saturated rings. The van der Waals surface area contributed by atoms with Crippen molar-refractivity contribution in [2.24, 2.45) is 0 Å². The molecule has 0 aliphatic carbocycles. The van der Waals surface area contributed by atoms with Crippen LogP contribution in [-0.2, 0) is 11.4 Å². The second kappa shape index (κ2) is 9.87. The standard InChI is InChI=1S/C18H21N3O5/c1-25-15-5-4-14(21-18(24)20-8-2-3-17(22)23)11-16(15)26-12-13-6-9-19-10-7-13/h4-7,9-11H,2-3,8,12H2,1H3,(H,22,23)(H2,20,21,24). The minimum Gasteiger partial charge on any atom is -0.493 e. The molecule has 1 aromatic heterocycles. The van der Waals surface area contributed by atoms with Crippen LogP contribution in [0, 0.1) is 0 Å². The Bertz CT molecular complexity index is 737. The lowest BCUT2D eigenvalue weighted by atomic mass is 10.2. The third-order valence-electron chi connectivity index (χ3n) is 3.42. The zero-order chi connectivity index (χ0) is 18.8. The zero-order valence-electron chi connectivity index (χ0n) is 14.4. The molecular weight excluding hydrogens is 338 g/mol. The third-order valence-corrected chi connectivity index (χ3v) is 3.42. The number of pyridine rings is 1. The Morgan fingerprint density at radius 3 is 2.62 bits per heavy atom. The van der Waals surface area contributed by atoms with E-state index in [1.807, 2.05) is 12.1 Å². The Morgan fingerprint density at radius 2 is 1.92 bits per heavy atom. The maximum atomic E-state index is 11.9. The number of carboxylic acids is 1. The van der Waals surface area contributed by atoms with E-state index in [2.05, 4.69) is 15.6 Å². The summed E-state index contributed by atoms with van der Waals surface area (Å²) in [6.45, 7) is 0.614. The first-order valence-corrected chi connectivity index (χ1v) is 8.05. The SMILES string of the molecule is COc1ccc(NC(=O)NCCCC(=O)O)cc1OCc1ccncc1. The maximum Gasteiger partial charge on any atom is 0.319 e. The molecule has 1 aromatic carbocycles. The topological polar surface area (TPSA) is 110 Å². The zero-order valence-corrected chi connectivity index (χ0v) is 14.4. The molecule has 3 N–H and O–H groups in total. The van der Waals surface area contributed by atoms with E-state index in [0.717, 1.165) is 5.56 Å². The molecule has 8 nitrogen and oxygen atoms in total. The highest BCUT2D eigenvalue weighted by atomic mass is 16.5. The minimum atomic E-state index is -0.890. The summed E-state index contributed by atoms with van der Waals surface area (Å²) in [5, 5.41) is 13.8. The fourth-order valence-electron chi connectivity index (χ4n) is 2.12. The summed E-state index contributed by atoms with van der Waals surface area (Å²) in [4.78, 5) is 26.2. The van der Waals surface area contributed by atoms with Crippen LogP contribution in [0.15, 0.2) is 42.7 Å². The van der Waals surface area contributed by atoms with Gasteiger partial charge in [-0.1, -0.05) is 0 Å². The average molecular weight is 359 g/mol. The number of amides is 2. The summed E-state index contributed by atoms with van der Waals surface area (Å²) in [6.07, 6.45) is 3.74. The number of anilines is 1. The summed E-state index contributed by atoms with van der Waals surface area (Å²) in [7, 11) is 1.54. The number of benzene rings is 1. The van der Waals surface area contributed by atoms with Crippen molar-refractivity contribution in [1.82, 2.24) is 10.3 Å². The second-order valence-electron chi connectivity index (χ2n) is 5.39. The average Bonchev–Trinajstić information content (AvgIpc) is 2.64. The highest BCUT2D eigenvalue weighted by Gasteiger charge is 2.09. The molecule has 26 heavy (non-hydrogen) atoms. The molecule has 0 radical (unpaired) electrons. The van der Waals surface area contributed by atoms with Crippen molar-refractivity contribution < 1.29 is 24.2 Å². The van der Waals surface area contributed by atoms with Gasteiger partial charge in [0.15, 0.2) is 11.5 Å². The summed E-state index contributed by atoms with van der Waals surface area (Å²) in [5.74, 6) is 0.151. The number of rotatable bonds is 9. The first-order valence-electron chi connectivity index (χ1n) is 8.05. The molecule has 0 aliphatic rings. The van der Waals surface area contributed by atoms with Gasteiger partial charge < -0.3 is 25.2 Å². The van der Waals surface area contributed by atoms with Gasteiger partial charge in [-0.15, -0.1) is 0 Å². The summed E-state index contributed by atoms with van der Waals surface area (Å²) in [5.41, 5.74) is 1.49. The molecule has 0 bridgehead atoms. The van der Waals surface area contributed by atoms with Crippen LogP contribution in [-0.4, -0.2) is 35.7 Å². The fraction of sp³-hybridized carbons (Fsp3) is 0.278. The lowest BCUT2D eigenvalue weighted by molar-refractivity contribution is -0.137. The van der Waals surface area contributed by atoms with Gasteiger partial charge in [0.05, 0.1) is 7.11 Å². The van der Waals surface area contributed by atoms with E-state index in [0.29, 0.717) is 30.2 Å². The van der Waals surface area contributed by atoms with Crippen molar-refractivity contribution in [3.8, 4) is 11.5 Å². The molecule has 0 saturated carbocycles. The van der Waals surface area contributed by atoms with Crippen LogP contribution >= 0.6 is 0 Å². The molecule has 0 atom stereocenters. The Balaban J connectivity index is 1.92. The number of ether oxygens (including phenoxy) is 2. The van der Waals surface area contributed by atoms with Crippen LogP contribution in [0.5, 0.6) is 11.5 Å². The van der Waals surface area contributed by atoms with Gasteiger partial charge in [-0.05, 0) is 36.2 Å². The highest BCUT2D eigenvalue weighted by Crippen LogP contribution is 2.30. The third kappa shape index (κ3) is 6.31. The lowest BCUT2D eigenvalue weighted by Crippen LogP contribution is -2.29. The predicted molar refractivity (Wildman–Crippen MR) is 95.5 cm³/mol. The smallest absolute Gasteiger partial charge is 0.319 e. The number of hydrogen-bond acceptors (Lipinski definition) is 5.